The summed E-state index contributed by atoms with van der Waals surface area (Å²) in [4.78, 5) is 24.3. The molecule has 1 aromatic rings. The van der Waals surface area contributed by atoms with Crippen LogP contribution in [0.2, 0.25) is 0 Å². The van der Waals surface area contributed by atoms with Gasteiger partial charge in [-0.25, -0.2) is 0 Å². The van der Waals surface area contributed by atoms with E-state index in [0.717, 1.165) is 6.42 Å². The fourth-order valence-corrected chi connectivity index (χ4v) is 1.93. The van der Waals surface area contributed by atoms with Crippen molar-refractivity contribution < 1.29 is 9.59 Å². The van der Waals surface area contributed by atoms with Gasteiger partial charge in [0.2, 0.25) is 5.91 Å². The van der Waals surface area contributed by atoms with Crippen molar-refractivity contribution in [3.63, 3.8) is 0 Å². The molecule has 3 nitrogen and oxygen atoms in total. The Morgan fingerprint density at radius 1 is 1.35 bits per heavy atom. The Labute approximate surface area is 106 Å². The number of Topliss-reactive ketones (excluding diaryl/α,β-unsaturated/α-hetero) is 1. The van der Waals surface area contributed by atoms with Crippen molar-refractivity contribution in [1.29, 1.82) is 0 Å². The smallest absolute Gasteiger partial charge is 0.220 e. The highest BCUT2D eigenvalue weighted by Crippen LogP contribution is 2.13. The van der Waals surface area contributed by atoms with Crippen molar-refractivity contribution in [1.82, 2.24) is 5.32 Å². The molecule has 1 amide bonds. The van der Waals surface area contributed by atoms with Crippen LogP contribution in [-0.2, 0) is 16.0 Å². The number of nitrogens with one attached hydrogen (secondary N) is 1. The van der Waals surface area contributed by atoms with Gasteiger partial charge in [-0.05, 0) is 17.9 Å². The van der Waals surface area contributed by atoms with Gasteiger partial charge in [0.15, 0.2) is 5.78 Å². The molecule has 1 rings (SSSR count). The van der Waals surface area contributed by atoms with Gasteiger partial charge in [-0.3, -0.25) is 9.59 Å². The second-order valence-corrected chi connectivity index (χ2v) is 6.06. The van der Waals surface area contributed by atoms with Crippen molar-refractivity contribution >= 4 is 23.0 Å². The van der Waals surface area contributed by atoms with E-state index < -0.39 is 0 Å². The van der Waals surface area contributed by atoms with E-state index in [1.165, 1.54) is 4.88 Å². The van der Waals surface area contributed by atoms with Gasteiger partial charge in [0, 0.05) is 16.7 Å². The Bertz CT molecular complexity index is 377. The van der Waals surface area contributed by atoms with Gasteiger partial charge in [-0.1, -0.05) is 26.8 Å². The van der Waals surface area contributed by atoms with Gasteiger partial charge in [0.05, 0.1) is 6.54 Å². The predicted molar refractivity (Wildman–Crippen MR) is 70.1 cm³/mol. The molecule has 94 valence electrons. The Kier molecular flexibility index (Phi) is 4.87. The highest BCUT2D eigenvalue weighted by atomic mass is 32.1. The number of ketones is 1. The van der Waals surface area contributed by atoms with Gasteiger partial charge in [0.25, 0.3) is 0 Å². The van der Waals surface area contributed by atoms with Crippen LogP contribution in [0.25, 0.3) is 0 Å². The summed E-state index contributed by atoms with van der Waals surface area (Å²) in [6, 6.07) is 3.99. The summed E-state index contributed by atoms with van der Waals surface area (Å²) in [5, 5.41) is 4.66. The minimum atomic E-state index is -0.388. The molecule has 1 aromatic heterocycles. The summed E-state index contributed by atoms with van der Waals surface area (Å²) in [5.41, 5.74) is -0.388. The van der Waals surface area contributed by atoms with Gasteiger partial charge in [-0.2, -0.15) is 0 Å². The molecular weight excluding hydrogens is 234 g/mol. The number of carbonyl (C=O) groups excluding carboxylic acids is 2. The first-order valence-corrected chi connectivity index (χ1v) is 6.60. The zero-order valence-electron chi connectivity index (χ0n) is 10.6. The predicted octanol–water partition coefficient (Wildman–Crippen LogP) is 2.41. The van der Waals surface area contributed by atoms with Crippen LogP contribution in [0.4, 0.5) is 0 Å². The molecule has 0 radical (unpaired) electrons. The minimum absolute atomic E-state index is 0.0574. The van der Waals surface area contributed by atoms with Crippen molar-refractivity contribution in [2.24, 2.45) is 5.41 Å². The summed E-state index contributed by atoms with van der Waals surface area (Å²) in [6.45, 7) is 5.69. The molecule has 17 heavy (non-hydrogen) atoms. The number of hydrogen-bond acceptors (Lipinski definition) is 3. The lowest BCUT2D eigenvalue weighted by molar-refractivity contribution is -0.129. The topological polar surface area (TPSA) is 46.2 Å². The standard InChI is InChI=1S/C13H19NO2S/c1-13(2,3)11(15)9-14-12(16)7-6-10-5-4-8-17-10/h4-5,8H,6-7,9H2,1-3H3,(H,14,16). The van der Waals surface area contributed by atoms with Crippen LogP contribution >= 0.6 is 11.3 Å². The molecule has 0 unspecified atom stereocenters. The number of carbonyl (C=O) groups is 2. The van der Waals surface area contributed by atoms with E-state index in [1.807, 2.05) is 38.3 Å². The molecule has 0 aliphatic heterocycles. The van der Waals surface area contributed by atoms with E-state index in [1.54, 1.807) is 11.3 Å². The maximum absolute atomic E-state index is 11.6. The molecule has 0 spiro atoms. The van der Waals surface area contributed by atoms with E-state index in [4.69, 9.17) is 0 Å². The van der Waals surface area contributed by atoms with E-state index in [9.17, 15) is 9.59 Å². The summed E-state index contributed by atoms with van der Waals surface area (Å²) in [6.07, 6.45) is 1.19. The number of thiophene rings is 1. The molecule has 0 aliphatic rings. The largest absolute Gasteiger partial charge is 0.349 e. The lowest BCUT2D eigenvalue weighted by Gasteiger charge is -2.16. The minimum Gasteiger partial charge on any atom is -0.349 e. The first kappa shape index (κ1) is 13.9. The lowest BCUT2D eigenvalue weighted by atomic mass is 9.91. The van der Waals surface area contributed by atoms with Crippen LogP contribution in [0, 0.1) is 5.41 Å². The molecule has 0 aromatic carbocycles. The third-order valence-electron chi connectivity index (χ3n) is 2.46. The van der Waals surface area contributed by atoms with Crippen LogP contribution in [0.3, 0.4) is 0 Å². The fraction of sp³-hybridized carbons (Fsp3) is 0.538. The van der Waals surface area contributed by atoms with Gasteiger partial charge >= 0.3 is 0 Å². The first-order valence-electron chi connectivity index (χ1n) is 5.72. The Morgan fingerprint density at radius 2 is 2.06 bits per heavy atom. The molecule has 0 atom stereocenters. The third-order valence-corrected chi connectivity index (χ3v) is 3.40. The zero-order valence-corrected chi connectivity index (χ0v) is 11.4. The van der Waals surface area contributed by atoms with E-state index in [0.29, 0.717) is 6.42 Å². The van der Waals surface area contributed by atoms with Gasteiger partial charge in [0.1, 0.15) is 0 Å². The highest BCUT2D eigenvalue weighted by Gasteiger charge is 2.21. The molecule has 0 saturated heterocycles. The molecule has 4 heteroatoms. The van der Waals surface area contributed by atoms with E-state index >= 15 is 0 Å². The van der Waals surface area contributed by atoms with Gasteiger partial charge in [-0.15, -0.1) is 11.3 Å². The van der Waals surface area contributed by atoms with Crippen LogP contribution in [0.5, 0.6) is 0 Å². The molecule has 0 fully saturated rings. The average Bonchev–Trinajstić information content (AvgIpc) is 2.74. The van der Waals surface area contributed by atoms with Crippen molar-refractivity contribution in [2.75, 3.05) is 6.54 Å². The van der Waals surface area contributed by atoms with E-state index in [2.05, 4.69) is 5.32 Å². The Balaban J connectivity index is 2.24. The highest BCUT2D eigenvalue weighted by molar-refractivity contribution is 7.09. The second kappa shape index (κ2) is 5.96. The zero-order chi connectivity index (χ0) is 12.9. The molecule has 1 N–H and O–H groups in total. The maximum atomic E-state index is 11.6. The average molecular weight is 253 g/mol. The van der Waals surface area contributed by atoms with Crippen LogP contribution in [0.1, 0.15) is 32.1 Å². The number of hydrogen-bond donors (Lipinski definition) is 1. The number of amides is 1. The molecule has 1 heterocycles. The van der Waals surface area contributed by atoms with Crippen molar-refractivity contribution in [3.8, 4) is 0 Å². The summed E-state index contributed by atoms with van der Waals surface area (Å²) < 4.78 is 0. The third kappa shape index (κ3) is 5.13. The number of rotatable bonds is 5. The fourth-order valence-electron chi connectivity index (χ4n) is 1.22. The molecular formula is C13H19NO2S. The lowest BCUT2D eigenvalue weighted by Crippen LogP contribution is -2.35. The SMILES string of the molecule is CC(C)(C)C(=O)CNC(=O)CCc1cccs1. The van der Waals surface area contributed by atoms with Crippen molar-refractivity contribution in [3.05, 3.63) is 22.4 Å². The summed E-state index contributed by atoms with van der Waals surface area (Å²) in [7, 11) is 0. The van der Waals surface area contributed by atoms with Crippen LogP contribution in [-0.4, -0.2) is 18.2 Å². The number of aryl methyl sites for hydroxylation is 1. The molecule has 0 aliphatic carbocycles. The van der Waals surface area contributed by atoms with Crippen LogP contribution < -0.4 is 5.32 Å². The summed E-state index contributed by atoms with van der Waals surface area (Å²) in [5.74, 6) is -0.00188. The normalized spacial score (nSPS) is 11.2. The maximum Gasteiger partial charge on any atom is 0.220 e. The van der Waals surface area contributed by atoms with Gasteiger partial charge < -0.3 is 5.32 Å². The summed E-state index contributed by atoms with van der Waals surface area (Å²) >= 11 is 1.65. The van der Waals surface area contributed by atoms with Crippen LogP contribution in [0.15, 0.2) is 17.5 Å². The molecule has 0 bridgehead atoms. The molecule has 0 saturated carbocycles. The first-order chi connectivity index (χ1) is 7.89. The monoisotopic (exact) mass is 253 g/mol. The second-order valence-electron chi connectivity index (χ2n) is 5.03. The Hall–Kier alpha value is -1.16. The Morgan fingerprint density at radius 3 is 2.59 bits per heavy atom. The van der Waals surface area contributed by atoms with Crippen molar-refractivity contribution in [2.45, 2.75) is 33.6 Å². The quantitative estimate of drug-likeness (QED) is 0.876. The van der Waals surface area contributed by atoms with E-state index in [-0.39, 0.29) is 23.7 Å².